The van der Waals surface area contributed by atoms with E-state index in [0.29, 0.717) is 18.3 Å². The number of para-hydroxylation sites is 2. The number of hydrogen-bond donors (Lipinski definition) is 1. The van der Waals surface area contributed by atoms with Crippen LogP contribution in [0.15, 0.2) is 48.5 Å². The van der Waals surface area contributed by atoms with Gasteiger partial charge in [-0.15, -0.1) is 0 Å². The molecule has 0 bridgehead atoms. The molecule has 0 aliphatic heterocycles. The summed E-state index contributed by atoms with van der Waals surface area (Å²) in [7, 11) is 0. The first-order chi connectivity index (χ1) is 12.2. The lowest BCUT2D eigenvalue weighted by molar-refractivity contribution is -0.118. The Kier molecular flexibility index (Phi) is 5.18. The molecule has 1 N–H and O–H groups in total. The zero-order chi connectivity index (χ0) is 17.6. The summed E-state index contributed by atoms with van der Waals surface area (Å²) in [5.41, 5.74) is 1.85. The van der Waals surface area contributed by atoms with Crippen LogP contribution >= 0.6 is 0 Å². The Morgan fingerprint density at radius 2 is 1.72 bits per heavy atom. The van der Waals surface area contributed by atoms with Crippen molar-refractivity contribution in [1.29, 1.82) is 0 Å². The van der Waals surface area contributed by atoms with Gasteiger partial charge >= 0.3 is 0 Å². The van der Waals surface area contributed by atoms with Crippen LogP contribution in [0.2, 0.25) is 0 Å². The molecule has 0 aliphatic rings. The fraction of sp³-hybridized carbons (Fsp3) is 0.263. The van der Waals surface area contributed by atoms with Gasteiger partial charge in [0.05, 0.1) is 17.6 Å². The summed E-state index contributed by atoms with van der Waals surface area (Å²) in [4.78, 5) is 16.7. The molecule has 1 aromatic heterocycles. The summed E-state index contributed by atoms with van der Waals surface area (Å²) >= 11 is 0. The molecule has 0 aliphatic carbocycles. The van der Waals surface area contributed by atoms with Gasteiger partial charge in [-0.2, -0.15) is 0 Å². The molecule has 3 rings (SSSR count). The van der Waals surface area contributed by atoms with E-state index in [1.165, 1.54) is 0 Å². The highest BCUT2D eigenvalue weighted by molar-refractivity contribution is 5.92. The minimum atomic E-state index is -0.251. The molecule has 3 aromatic rings. The van der Waals surface area contributed by atoms with Crippen molar-refractivity contribution >= 4 is 22.9 Å². The SMILES string of the molecule is CCOc1ccc(OCC(=O)Nc2nc3ccccc3n2CC)cc1. The maximum Gasteiger partial charge on any atom is 0.264 e. The van der Waals surface area contributed by atoms with E-state index in [1.54, 1.807) is 12.1 Å². The lowest BCUT2D eigenvalue weighted by Gasteiger charge is -2.09. The average Bonchev–Trinajstić information content (AvgIpc) is 2.98. The molecule has 6 heteroatoms. The molecule has 1 amide bonds. The molecule has 0 radical (unpaired) electrons. The van der Waals surface area contributed by atoms with Crippen LogP contribution in [0.1, 0.15) is 13.8 Å². The Morgan fingerprint density at radius 3 is 2.40 bits per heavy atom. The molecular weight excluding hydrogens is 318 g/mol. The molecule has 25 heavy (non-hydrogen) atoms. The van der Waals surface area contributed by atoms with Crippen LogP contribution in [-0.2, 0) is 11.3 Å². The van der Waals surface area contributed by atoms with Crippen molar-refractivity contribution in [2.45, 2.75) is 20.4 Å². The average molecular weight is 339 g/mol. The second-order valence-corrected chi connectivity index (χ2v) is 5.41. The number of rotatable bonds is 7. The smallest absolute Gasteiger partial charge is 0.264 e. The maximum atomic E-state index is 12.2. The summed E-state index contributed by atoms with van der Waals surface area (Å²) in [6, 6.07) is 15.0. The lowest BCUT2D eigenvalue weighted by atomic mass is 10.3. The fourth-order valence-corrected chi connectivity index (χ4v) is 2.60. The third-order valence-corrected chi connectivity index (χ3v) is 3.73. The molecule has 1 heterocycles. The zero-order valence-electron chi connectivity index (χ0n) is 14.4. The van der Waals surface area contributed by atoms with E-state index in [1.807, 2.05) is 54.8 Å². The van der Waals surface area contributed by atoms with E-state index < -0.39 is 0 Å². The Morgan fingerprint density at radius 1 is 1.04 bits per heavy atom. The van der Waals surface area contributed by atoms with Gasteiger partial charge in [-0.25, -0.2) is 4.98 Å². The number of ether oxygens (including phenoxy) is 2. The van der Waals surface area contributed by atoms with Crippen molar-refractivity contribution in [2.24, 2.45) is 0 Å². The maximum absolute atomic E-state index is 12.2. The molecular formula is C19H21N3O3. The van der Waals surface area contributed by atoms with E-state index in [4.69, 9.17) is 9.47 Å². The van der Waals surface area contributed by atoms with Crippen LogP contribution in [-0.4, -0.2) is 28.7 Å². The van der Waals surface area contributed by atoms with Crippen molar-refractivity contribution < 1.29 is 14.3 Å². The van der Waals surface area contributed by atoms with Crippen LogP contribution in [0, 0.1) is 0 Å². The summed E-state index contributed by atoms with van der Waals surface area (Å²) in [6.45, 7) is 5.19. The number of anilines is 1. The number of fused-ring (bicyclic) bond motifs is 1. The summed E-state index contributed by atoms with van der Waals surface area (Å²) in [6.07, 6.45) is 0. The van der Waals surface area contributed by atoms with E-state index in [9.17, 15) is 4.79 Å². The van der Waals surface area contributed by atoms with Gasteiger partial charge in [0.15, 0.2) is 6.61 Å². The highest BCUT2D eigenvalue weighted by Crippen LogP contribution is 2.20. The Labute approximate surface area is 146 Å². The van der Waals surface area contributed by atoms with Gasteiger partial charge in [0.25, 0.3) is 5.91 Å². The molecule has 130 valence electrons. The largest absolute Gasteiger partial charge is 0.494 e. The lowest BCUT2D eigenvalue weighted by Crippen LogP contribution is -2.22. The zero-order valence-corrected chi connectivity index (χ0v) is 14.4. The predicted molar refractivity (Wildman–Crippen MR) is 97.1 cm³/mol. The van der Waals surface area contributed by atoms with Crippen LogP contribution in [0.5, 0.6) is 11.5 Å². The van der Waals surface area contributed by atoms with Gasteiger partial charge in [0.1, 0.15) is 11.5 Å². The monoisotopic (exact) mass is 339 g/mol. The topological polar surface area (TPSA) is 65.4 Å². The normalized spacial score (nSPS) is 10.6. The van der Waals surface area contributed by atoms with E-state index in [2.05, 4.69) is 10.3 Å². The minimum Gasteiger partial charge on any atom is -0.494 e. The Balaban J connectivity index is 1.63. The van der Waals surface area contributed by atoms with Crippen molar-refractivity contribution in [3.05, 3.63) is 48.5 Å². The van der Waals surface area contributed by atoms with Crippen LogP contribution < -0.4 is 14.8 Å². The number of benzene rings is 2. The quantitative estimate of drug-likeness (QED) is 0.716. The van der Waals surface area contributed by atoms with Gasteiger partial charge in [-0.1, -0.05) is 12.1 Å². The molecule has 2 aromatic carbocycles. The van der Waals surface area contributed by atoms with Crippen molar-refractivity contribution in [1.82, 2.24) is 9.55 Å². The number of amides is 1. The third-order valence-electron chi connectivity index (χ3n) is 3.73. The second kappa shape index (κ2) is 7.70. The van der Waals surface area contributed by atoms with Crippen LogP contribution in [0.4, 0.5) is 5.95 Å². The highest BCUT2D eigenvalue weighted by atomic mass is 16.5. The molecule has 0 saturated carbocycles. The Bertz CT molecular complexity index is 856. The number of nitrogens with zero attached hydrogens (tertiary/aromatic N) is 2. The van der Waals surface area contributed by atoms with E-state index in [0.717, 1.165) is 23.3 Å². The number of nitrogens with one attached hydrogen (secondary N) is 1. The standard InChI is InChI=1S/C19H21N3O3/c1-3-22-17-8-6-5-7-16(17)20-19(22)21-18(23)13-25-15-11-9-14(10-12-15)24-4-2/h5-12H,3-4,13H2,1-2H3,(H,20,21,23). The van der Waals surface area contributed by atoms with Crippen LogP contribution in [0.25, 0.3) is 11.0 Å². The van der Waals surface area contributed by atoms with Gasteiger partial charge in [-0.05, 0) is 50.2 Å². The van der Waals surface area contributed by atoms with E-state index in [-0.39, 0.29) is 12.5 Å². The number of aryl methyl sites for hydroxylation is 1. The van der Waals surface area contributed by atoms with Gasteiger partial charge in [-0.3, -0.25) is 10.1 Å². The molecule has 0 saturated heterocycles. The molecule has 0 unspecified atom stereocenters. The number of carbonyl (C=O) groups is 1. The third kappa shape index (κ3) is 3.91. The fourth-order valence-electron chi connectivity index (χ4n) is 2.60. The number of hydrogen-bond acceptors (Lipinski definition) is 4. The van der Waals surface area contributed by atoms with Crippen LogP contribution in [0.3, 0.4) is 0 Å². The van der Waals surface area contributed by atoms with E-state index >= 15 is 0 Å². The first kappa shape index (κ1) is 16.8. The summed E-state index contributed by atoms with van der Waals surface area (Å²) in [5.74, 6) is 1.67. The van der Waals surface area contributed by atoms with Gasteiger partial charge in [0.2, 0.25) is 5.95 Å². The number of imidazole rings is 1. The first-order valence-electron chi connectivity index (χ1n) is 8.32. The van der Waals surface area contributed by atoms with Crippen molar-refractivity contribution in [3.8, 4) is 11.5 Å². The molecule has 0 fully saturated rings. The molecule has 6 nitrogen and oxygen atoms in total. The first-order valence-corrected chi connectivity index (χ1v) is 8.32. The molecule has 0 atom stereocenters. The second-order valence-electron chi connectivity index (χ2n) is 5.41. The van der Waals surface area contributed by atoms with Crippen molar-refractivity contribution in [2.75, 3.05) is 18.5 Å². The predicted octanol–water partition coefficient (Wildman–Crippen LogP) is 3.47. The summed E-state index contributed by atoms with van der Waals surface area (Å²) in [5, 5.41) is 2.82. The van der Waals surface area contributed by atoms with Gasteiger partial charge < -0.3 is 14.0 Å². The number of carbonyl (C=O) groups excluding carboxylic acids is 1. The minimum absolute atomic E-state index is 0.0824. The summed E-state index contributed by atoms with van der Waals surface area (Å²) < 4.78 is 12.9. The Hall–Kier alpha value is -3.02. The van der Waals surface area contributed by atoms with Gasteiger partial charge in [0, 0.05) is 6.54 Å². The molecule has 0 spiro atoms. The highest BCUT2D eigenvalue weighted by Gasteiger charge is 2.12. The van der Waals surface area contributed by atoms with Crippen molar-refractivity contribution in [3.63, 3.8) is 0 Å². The number of aromatic nitrogens is 2.